The Morgan fingerprint density at radius 1 is 0.941 bits per heavy atom. The van der Waals surface area contributed by atoms with Crippen LogP contribution >= 0.6 is 0 Å². The normalized spacial score (nSPS) is 20.5. The van der Waals surface area contributed by atoms with Gasteiger partial charge in [0.15, 0.2) is 0 Å². The number of imidazole rings is 1. The van der Waals surface area contributed by atoms with Gasteiger partial charge in [-0.25, -0.2) is 32.6 Å². The summed E-state index contributed by atoms with van der Waals surface area (Å²) in [5.41, 5.74) is 3.02. The molecule has 10 rings (SSSR count). The minimum atomic E-state index is -1.07. The van der Waals surface area contributed by atoms with Crippen molar-refractivity contribution in [2.24, 2.45) is 5.92 Å². The topological polar surface area (TPSA) is 117 Å². The number of benzene rings is 3. The summed E-state index contributed by atoms with van der Waals surface area (Å²) in [4.78, 5) is 20.6. The number of pyridine rings is 1. The molecule has 10 nitrogen and oxygen atoms in total. The smallest absolute Gasteiger partial charge is 0.335 e. The van der Waals surface area contributed by atoms with E-state index in [0.29, 0.717) is 46.8 Å². The van der Waals surface area contributed by atoms with E-state index in [1.807, 2.05) is 15.4 Å². The van der Waals surface area contributed by atoms with Crippen molar-refractivity contribution in [1.82, 2.24) is 29.5 Å². The number of ether oxygens (including phenoxy) is 2. The molecule has 3 saturated carbocycles. The first kappa shape index (κ1) is 31.4. The lowest BCUT2D eigenvalue weighted by molar-refractivity contribution is -0.0988. The molecule has 0 unspecified atom stereocenters. The van der Waals surface area contributed by atoms with Crippen LogP contribution in [0.4, 0.5) is 13.2 Å². The van der Waals surface area contributed by atoms with Gasteiger partial charge in [0.05, 0.1) is 46.7 Å². The Hall–Kier alpha value is -5.56. The molecule has 258 valence electrons. The predicted molar refractivity (Wildman–Crippen MR) is 179 cm³/mol. The first-order valence-corrected chi connectivity index (χ1v) is 16.9. The summed E-state index contributed by atoms with van der Waals surface area (Å²) in [7, 11) is 0. The highest BCUT2D eigenvalue weighted by Crippen LogP contribution is 2.62. The number of halogens is 3. The molecule has 1 atom stereocenters. The molecule has 4 heterocycles. The van der Waals surface area contributed by atoms with Crippen LogP contribution in [0.25, 0.3) is 33.5 Å². The third kappa shape index (κ3) is 5.61. The summed E-state index contributed by atoms with van der Waals surface area (Å²) in [6.07, 6.45) is 5.98. The van der Waals surface area contributed by atoms with E-state index < -0.39 is 23.4 Å². The molecule has 6 aromatic rings. The Bertz CT molecular complexity index is 2340. The molecule has 1 N–H and O–H groups in total. The Labute approximate surface area is 289 Å². The Kier molecular flexibility index (Phi) is 7.42. The molecule has 3 aromatic carbocycles. The highest BCUT2D eigenvalue weighted by atomic mass is 19.1. The number of rotatable bonds is 11. The molecule has 4 aliphatic rings. The maximum atomic E-state index is 15.6. The maximum absolute atomic E-state index is 15.6. The molecule has 0 spiro atoms. The molecule has 3 aliphatic carbocycles. The van der Waals surface area contributed by atoms with Crippen molar-refractivity contribution < 1.29 is 32.5 Å². The zero-order valence-corrected chi connectivity index (χ0v) is 27.2. The van der Waals surface area contributed by atoms with Gasteiger partial charge in [-0.05, 0) is 79.6 Å². The Balaban J connectivity index is 0.915. The predicted octanol–water partition coefficient (Wildman–Crippen LogP) is 6.94. The molecule has 2 bridgehead atoms. The highest BCUT2D eigenvalue weighted by molar-refractivity contribution is 5.92. The lowest BCUT2D eigenvalue weighted by Gasteiger charge is -2.61. The third-order valence-corrected chi connectivity index (χ3v) is 10.4. The standard InChI is InChI=1S/C38H31F3N6O4/c39-28-10-22(33-19-47(45-44-33)38-15-21(16-38)17-38)4-5-24(28)20-51-36-3-1-2-31(43-36)27-14-29(40)25(11-30(27)41)13-35-42-32-7-6-23(37(48)49)12-34(32)46(35)18-26-8-9-50-26/h1-7,10-12,14,19,21,26H,8-9,13,15-18,20H2,(H,48,49)/t21?,26-,38?/m0/s1. The van der Waals surface area contributed by atoms with Crippen LogP contribution in [0.2, 0.25) is 0 Å². The van der Waals surface area contributed by atoms with E-state index in [4.69, 9.17) is 9.47 Å². The van der Waals surface area contributed by atoms with Gasteiger partial charge in [-0.15, -0.1) is 5.10 Å². The molecule has 51 heavy (non-hydrogen) atoms. The average molecular weight is 693 g/mol. The van der Waals surface area contributed by atoms with Crippen molar-refractivity contribution >= 4 is 17.0 Å². The largest absolute Gasteiger partial charge is 0.478 e. The van der Waals surface area contributed by atoms with E-state index in [0.717, 1.165) is 43.7 Å². The second-order valence-corrected chi connectivity index (χ2v) is 13.7. The van der Waals surface area contributed by atoms with Crippen molar-refractivity contribution in [3.63, 3.8) is 0 Å². The van der Waals surface area contributed by atoms with Crippen LogP contribution in [0.15, 0.2) is 72.9 Å². The molecular weight excluding hydrogens is 661 g/mol. The van der Waals surface area contributed by atoms with Gasteiger partial charge in [-0.1, -0.05) is 23.4 Å². The van der Waals surface area contributed by atoms with E-state index in [9.17, 15) is 9.90 Å². The molecule has 4 fully saturated rings. The van der Waals surface area contributed by atoms with Gasteiger partial charge in [0.2, 0.25) is 5.88 Å². The van der Waals surface area contributed by atoms with Crippen molar-refractivity contribution in [1.29, 1.82) is 0 Å². The fourth-order valence-electron chi connectivity index (χ4n) is 7.33. The van der Waals surface area contributed by atoms with Crippen molar-refractivity contribution in [3.8, 4) is 28.4 Å². The quantitative estimate of drug-likeness (QED) is 0.155. The van der Waals surface area contributed by atoms with E-state index in [1.54, 1.807) is 30.3 Å². The number of fused-ring (bicyclic) bond motifs is 1. The van der Waals surface area contributed by atoms with Gasteiger partial charge in [0.1, 0.15) is 35.6 Å². The first-order valence-electron chi connectivity index (χ1n) is 16.9. The van der Waals surface area contributed by atoms with Crippen molar-refractivity contribution in [2.75, 3.05) is 6.61 Å². The molecule has 1 saturated heterocycles. The van der Waals surface area contributed by atoms with Crippen LogP contribution in [0.5, 0.6) is 5.88 Å². The van der Waals surface area contributed by atoms with E-state index in [-0.39, 0.29) is 52.9 Å². The highest BCUT2D eigenvalue weighted by Gasteiger charge is 2.58. The van der Waals surface area contributed by atoms with Crippen LogP contribution < -0.4 is 4.74 Å². The lowest BCUT2D eigenvalue weighted by Crippen LogP contribution is -2.59. The number of hydrogen-bond donors (Lipinski definition) is 1. The van der Waals surface area contributed by atoms with Crippen LogP contribution in [-0.2, 0) is 29.8 Å². The summed E-state index contributed by atoms with van der Waals surface area (Å²) in [6, 6.07) is 16.3. The van der Waals surface area contributed by atoms with Gasteiger partial charge < -0.3 is 19.1 Å². The third-order valence-electron chi connectivity index (χ3n) is 10.4. The monoisotopic (exact) mass is 692 g/mol. The average Bonchev–Trinajstić information content (AvgIpc) is 3.67. The summed E-state index contributed by atoms with van der Waals surface area (Å²) in [6.45, 7) is 0.910. The maximum Gasteiger partial charge on any atom is 0.335 e. The summed E-state index contributed by atoms with van der Waals surface area (Å²) in [5.74, 6) is -1.51. The number of aromatic nitrogens is 6. The summed E-state index contributed by atoms with van der Waals surface area (Å²) < 4.78 is 61.5. The van der Waals surface area contributed by atoms with Crippen LogP contribution in [0.1, 0.15) is 53.0 Å². The molecule has 13 heteroatoms. The van der Waals surface area contributed by atoms with Gasteiger partial charge in [-0.2, -0.15) is 0 Å². The van der Waals surface area contributed by atoms with Crippen LogP contribution in [0.3, 0.4) is 0 Å². The minimum Gasteiger partial charge on any atom is -0.478 e. The fraction of sp³-hybridized carbons (Fsp3) is 0.289. The second-order valence-electron chi connectivity index (χ2n) is 13.7. The summed E-state index contributed by atoms with van der Waals surface area (Å²) >= 11 is 0. The molecule has 1 aliphatic heterocycles. The van der Waals surface area contributed by atoms with Gasteiger partial charge >= 0.3 is 5.97 Å². The number of carboxylic acids is 1. The zero-order valence-electron chi connectivity index (χ0n) is 27.2. The lowest BCUT2D eigenvalue weighted by atomic mass is 9.50. The van der Waals surface area contributed by atoms with Crippen LogP contribution in [0, 0.1) is 23.4 Å². The van der Waals surface area contributed by atoms with Gasteiger partial charge in [0.25, 0.3) is 0 Å². The number of carboxylic acid groups (broad SMARTS) is 1. The summed E-state index contributed by atoms with van der Waals surface area (Å²) in [5, 5.41) is 18.1. The number of nitrogens with zero attached hydrogens (tertiary/aromatic N) is 6. The minimum absolute atomic E-state index is 0.0344. The van der Waals surface area contributed by atoms with E-state index in [2.05, 4.69) is 20.3 Å². The fourth-order valence-corrected chi connectivity index (χ4v) is 7.33. The number of carbonyl (C=O) groups is 1. The zero-order chi connectivity index (χ0) is 34.9. The second kappa shape index (κ2) is 12.0. The van der Waals surface area contributed by atoms with E-state index >= 15 is 13.2 Å². The number of aromatic carboxylic acids is 1. The molecule has 0 radical (unpaired) electrons. The van der Waals surface area contributed by atoms with E-state index in [1.165, 1.54) is 24.3 Å². The Morgan fingerprint density at radius 2 is 1.76 bits per heavy atom. The Morgan fingerprint density at radius 3 is 2.49 bits per heavy atom. The SMILES string of the molecule is O=C(O)c1ccc2nc(Cc3cc(F)c(-c4cccc(OCc5ccc(-c6cn(C78CC(C7)C8)nn6)cc5F)n4)cc3F)n(C[C@@H]3CCO3)c2c1. The molecule has 3 aromatic heterocycles. The number of hydrogen-bond acceptors (Lipinski definition) is 7. The molecular formula is C38H31F3N6O4. The van der Waals surface area contributed by atoms with Gasteiger partial charge in [-0.3, -0.25) is 0 Å². The van der Waals surface area contributed by atoms with Crippen molar-refractivity contribution in [3.05, 3.63) is 113 Å². The van der Waals surface area contributed by atoms with Crippen molar-refractivity contribution in [2.45, 2.75) is 56.9 Å². The first-order chi connectivity index (χ1) is 24.7. The molecule has 0 amide bonds. The van der Waals surface area contributed by atoms with Gasteiger partial charge in [0, 0.05) is 35.8 Å². The van der Waals surface area contributed by atoms with Crippen LogP contribution in [-0.4, -0.2) is 53.3 Å².